The molecule has 4 nitrogen and oxygen atoms in total. The summed E-state index contributed by atoms with van der Waals surface area (Å²) in [4.78, 5) is 1.06. The molecule has 1 atom stereocenters. The van der Waals surface area contributed by atoms with E-state index in [4.69, 9.17) is 16.3 Å². The van der Waals surface area contributed by atoms with Gasteiger partial charge in [0.25, 0.3) is 0 Å². The third-order valence-electron chi connectivity index (χ3n) is 3.19. The third-order valence-corrected chi connectivity index (χ3v) is 6.61. The quantitative estimate of drug-likeness (QED) is 0.783. The Bertz CT molecular complexity index is 513. The van der Waals surface area contributed by atoms with Crippen LogP contribution >= 0.6 is 22.9 Å². The van der Waals surface area contributed by atoms with Crippen molar-refractivity contribution in [3.63, 3.8) is 0 Å². The number of halogens is 1. The Hall–Kier alpha value is -0.140. The predicted molar refractivity (Wildman–Crippen MR) is 77.3 cm³/mol. The zero-order valence-corrected chi connectivity index (χ0v) is 13.2. The second-order valence-corrected chi connectivity index (χ2v) is 7.60. The normalized spacial score (nSPS) is 21.7. The average Bonchev–Trinajstić information content (AvgIpc) is 2.88. The zero-order chi connectivity index (χ0) is 13.9. The lowest BCUT2D eigenvalue weighted by Crippen LogP contribution is -2.43. The maximum atomic E-state index is 12.6. The molecule has 0 N–H and O–H groups in total. The molecule has 1 aliphatic rings. The molecule has 1 aromatic heterocycles. The molecule has 1 aromatic rings. The molecule has 0 aliphatic carbocycles. The minimum atomic E-state index is -3.43. The molecular weight excluding hydrogens is 306 g/mol. The van der Waals surface area contributed by atoms with Crippen molar-refractivity contribution in [2.45, 2.75) is 36.6 Å². The van der Waals surface area contributed by atoms with Gasteiger partial charge in [-0.25, -0.2) is 8.42 Å². The molecule has 0 spiro atoms. The van der Waals surface area contributed by atoms with Gasteiger partial charge in [-0.05, 0) is 31.2 Å². The number of nitrogens with zero attached hydrogens (tertiary/aromatic N) is 1. The third kappa shape index (κ3) is 3.31. The van der Waals surface area contributed by atoms with E-state index in [2.05, 4.69) is 0 Å². The van der Waals surface area contributed by atoms with Gasteiger partial charge in [0.05, 0.1) is 16.9 Å². The van der Waals surface area contributed by atoms with E-state index >= 15 is 0 Å². The summed E-state index contributed by atoms with van der Waals surface area (Å²) in [6.07, 6.45) is 1.77. The molecule has 2 rings (SSSR count). The van der Waals surface area contributed by atoms with Gasteiger partial charge in [-0.3, -0.25) is 0 Å². The molecular formula is C12H18ClNO3S2. The molecule has 2 heterocycles. The highest BCUT2D eigenvalue weighted by Gasteiger charge is 2.32. The van der Waals surface area contributed by atoms with Crippen LogP contribution in [0, 0.1) is 0 Å². The molecule has 1 unspecified atom stereocenters. The Labute approximate surface area is 123 Å². The fourth-order valence-electron chi connectivity index (χ4n) is 2.29. The van der Waals surface area contributed by atoms with Crippen molar-refractivity contribution in [2.75, 3.05) is 19.7 Å². The van der Waals surface area contributed by atoms with Gasteiger partial charge in [-0.2, -0.15) is 4.31 Å². The minimum Gasteiger partial charge on any atom is -0.377 e. The molecule has 7 heteroatoms. The summed E-state index contributed by atoms with van der Waals surface area (Å²) in [7, 11) is -3.43. The highest BCUT2D eigenvalue weighted by molar-refractivity contribution is 7.89. The smallest absolute Gasteiger partial charge is 0.244 e. The first-order valence-electron chi connectivity index (χ1n) is 6.33. The first kappa shape index (κ1) is 15.3. The summed E-state index contributed by atoms with van der Waals surface area (Å²) in [6, 6.07) is 1.64. The number of alkyl halides is 1. The summed E-state index contributed by atoms with van der Waals surface area (Å²) < 4.78 is 32.3. The van der Waals surface area contributed by atoms with Crippen molar-refractivity contribution in [2.24, 2.45) is 0 Å². The van der Waals surface area contributed by atoms with Gasteiger partial charge in [-0.1, -0.05) is 0 Å². The highest BCUT2D eigenvalue weighted by atomic mass is 35.5. The molecule has 0 amide bonds. The van der Waals surface area contributed by atoms with E-state index in [1.807, 2.05) is 6.92 Å². The van der Waals surface area contributed by atoms with Crippen molar-refractivity contribution in [1.82, 2.24) is 4.31 Å². The van der Waals surface area contributed by atoms with Crippen LogP contribution in [0.3, 0.4) is 0 Å². The minimum absolute atomic E-state index is 0.00612. The van der Waals surface area contributed by atoms with Gasteiger partial charge in [0.1, 0.15) is 0 Å². The van der Waals surface area contributed by atoms with Crippen LogP contribution in [0.1, 0.15) is 24.6 Å². The van der Waals surface area contributed by atoms with E-state index in [0.717, 1.165) is 12.8 Å². The molecule has 0 radical (unpaired) electrons. The van der Waals surface area contributed by atoms with Crippen LogP contribution in [0.2, 0.25) is 0 Å². The van der Waals surface area contributed by atoms with Crippen LogP contribution in [-0.2, 0) is 20.6 Å². The fourth-order valence-corrected chi connectivity index (χ4v) is 5.47. The lowest BCUT2D eigenvalue weighted by molar-refractivity contribution is 0.0265. The number of ether oxygens (including phenoxy) is 1. The molecule has 1 fully saturated rings. The summed E-state index contributed by atoms with van der Waals surface area (Å²) in [5.74, 6) is 0.231. The summed E-state index contributed by atoms with van der Waals surface area (Å²) in [6.45, 7) is 3.54. The summed E-state index contributed by atoms with van der Waals surface area (Å²) in [5, 5.41) is 1.77. The lowest BCUT2D eigenvalue weighted by Gasteiger charge is -2.31. The number of thiophene rings is 1. The van der Waals surface area contributed by atoms with Gasteiger partial charge in [-0.15, -0.1) is 22.9 Å². The Kier molecular flexibility index (Phi) is 5.25. The molecule has 108 valence electrons. The van der Waals surface area contributed by atoms with Crippen molar-refractivity contribution >= 4 is 33.0 Å². The average molecular weight is 324 g/mol. The van der Waals surface area contributed by atoms with Crippen molar-refractivity contribution in [3.8, 4) is 0 Å². The number of rotatable bonds is 5. The number of hydrogen-bond donors (Lipinski definition) is 0. The van der Waals surface area contributed by atoms with Crippen LogP contribution in [0.15, 0.2) is 16.3 Å². The van der Waals surface area contributed by atoms with Crippen LogP contribution < -0.4 is 0 Å². The van der Waals surface area contributed by atoms with Gasteiger partial charge in [0.2, 0.25) is 10.0 Å². The van der Waals surface area contributed by atoms with Crippen LogP contribution in [-0.4, -0.2) is 38.5 Å². The van der Waals surface area contributed by atoms with E-state index in [1.165, 1.54) is 15.6 Å². The largest absolute Gasteiger partial charge is 0.377 e. The Morgan fingerprint density at radius 3 is 3.05 bits per heavy atom. The number of sulfonamides is 1. The maximum absolute atomic E-state index is 12.6. The predicted octanol–water partition coefficient (Wildman–Crippen LogP) is 2.68. The molecule has 19 heavy (non-hydrogen) atoms. The van der Waals surface area contributed by atoms with E-state index in [0.29, 0.717) is 29.5 Å². The van der Waals surface area contributed by atoms with E-state index in [9.17, 15) is 8.42 Å². The van der Waals surface area contributed by atoms with Crippen molar-refractivity contribution < 1.29 is 13.2 Å². The summed E-state index contributed by atoms with van der Waals surface area (Å²) >= 11 is 7.18. The Morgan fingerprint density at radius 1 is 1.58 bits per heavy atom. The Balaban J connectivity index is 2.20. The van der Waals surface area contributed by atoms with Gasteiger partial charge in [0.15, 0.2) is 0 Å². The highest BCUT2D eigenvalue weighted by Crippen LogP contribution is 2.28. The maximum Gasteiger partial charge on any atom is 0.244 e. The van der Waals surface area contributed by atoms with Gasteiger partial charge in [0, 0.05) is 24.6 Å². The molecule has 0 saturated carbocycles. The number of hydrogen-bond acceptors (Lipinski definition) is 4. The standard InChI is InChI=1S/C12H18ClNO3S2/c1-2-17-10-4-3-6-14(9-10)19(15,16)12-5-7-18-11(12)8-13/h5,7,10H,2-4,6,8-9H2,1H3. The molecule has 0 bridgehead atoms. The topological polar surface area (TPSA) is 46.6 Å². The molecule has 1 saturated heterocycles. The van der Waals surface area contributed by atoms with E-state index in [-0.39, 0.29) is 12.0 Å². The monoisotopic (exact) mass is 323 g/mol. The Morgan fingerprint density at radius 2 is 2.37 bits per heavy atom. The van der Waals surface area contributed by atoms with Crippen molar-refractivity contribution in [1.29, 1.82) is 0 Å². The molecule has 1 aliphatic heterocycles. The van der Waals surface area contributed by atoms with Crippen molar-refractivity contribution in [3.05, 3.63) is 16.3 Å². The lowest BCUT2D eigenvalue weighted by atomic mass is 10.1. The van der Waals surface area contributed by atoms with Crippen LogP contribution in [0.5, 0.6) is 0 Å². The second-order valence-electron chi connectivity index (χ2n) is 4.42. The first-order chi connectivity index (χ1) is 9.09. The number of piperidine rings is 1. The molecule has 0 aromatic carbocycles. The zero-order valence-electron chi connectivity index (χ0n) is 10.8. The van der Waals surface area contributed by atoms with E-state index in [1.54, 1.807) is 11.4 Å². The second kappa shape index (κ2) is 6.54. The van der Waals surface area contributed by atoms with Crippen LogP contribution in [0.25, 0.3) is 0 Å². The van der Waals surface area contributed by atoms with Gasteiger partial charge < -0.3 is 4.74 Å². The SMILES string of the molecule is CCOC1CCCN(S(=O)(=O)c2ccsc2CCl)C1. The van der Waals surface area contributed by atoms with E-state index < -0.39 is 10.0 Å². The summed E-state index contributed by atoms with van der Waals surface area (Å²) in [5.41, 5.74) is 0. The van der Waals surface area contributed by atoms with Crippen LogP contribution in [0.4, 0.5) is 0 Å². The first-order valence-corrected chi connectivity index (χ1v) is 9.19. The van der Waals surface area contributed by atoms with Gasteiger partial charge >= 0.3 is 0 Å². The fraction of sp³-hybridized carbons (Fsp3) is 0.667.